The minimum absolute atomic E-state index is 0.318. The van der Waals surface area contributed by atoms with Crippen LogP contribution in [0.4, 0.5) is 5.82 Å². The molecule has 2 aromatic heterocycles. The first-order valence-electron chi connectivity index (χ1n) is 9.67. The number of likely N-dealkylation sites (tertiary alicyclic amines) is 1. The van der Waals surface area contributed by atoms with Crippen LogP contribution in [0.1, 0.15) is 25.6 Å². The molecule has 26 heavy (non-hydrogen) atoms. The Bertz CT molecular complexity index is 743. The van der Waals surface area contributed by atoms with Gasteiger partial charge in [-0.3, -0.25) is 0 Å². The summed E-state index contributed by atoms with van der Waals surface area (Å²) in [5.41, 5.74) is 0. The Labute approximate surface area is 159 Å². The van der Waals surface area contributed by atoms with Crippen LogP contribution in [0.3, 0.4) is 0 Å². The number of likely N-dealkylation sites (N-methyl/N-ethyl adjacent to an activating group) is 1. The van der Waals surface area contributed by atoms with Crippen LogP contribution in [0.2, 0.25) is 0 Å². The molecule has 142 valence electrons. The fourth-order valence-corrected chi connectivity index (χ4v) is 5.05. The van der Waals surface area contributed by atoms with Crippen molar-refractivity contribution in [3.63, 3.8) is 0 Å². The van der Waals surface area contributed by atoms with Crippen molar-refractivity contribution in [1.29, 1.82) is 0 Å². The molecular weight excluding hydrogens is 346 g/mol. The molecule has 7 heteroatoms. The number of aromatic nitrogens is 2. The number of nitrogens with one attached hydrogen (secondary N) is 1. The Morgan fingerprint density at radius 3 is 2.85 bits per heavy atom. The van der Waals surface area contributed by atoms with Crippen molar-refractivity contribution in [1.82, 2.24) is 20.2 Å². The monoisotopic (exact) mass is 375 g/mol. The van der Waals surface area contributed by atoms with Gasteiger partial charge >= 0.3 is 0 Å². The van der Waals surface area contributed by atoms with E-state index in [0.29, 0.717) is 18.2 Å². The Hall–Kier alpha value is -1.28. The lowest BCUT2D eigenvalue weighted by Gasteiger charge is -2.35. The summed E-state index contributed by atoms with van der Waals surface area (Å²) >= 11 is 1.70. The molecule has 2 fully saturated rings. The molecule has 0 amide bonds. The third kappa shape index (κ3) is 3.71. The lowest BCUT2D eigenvalue weighted by Crippen LogP contribution is -2.50. The highest BCUT2D eigenvalue weighted by Crippen LogP contribution is 2.29. The highest BCUT2D eigenvalue weighted by molar-refractivity contribution is 7.16. The van der Waals surface area contributed by atoms with Gasteiger partial charge in [-0.15, -0.1) is 11.3 Å². The second kappa shape index (κ2) is 7.76. The molecular formula is C19H29N5OS. The van der Waals surface area contributed by atoms with E-state index < -0.39 is 0 Å². The molecule has 2 saturated heterocycles. The van der Waals surface area contributed by atoms with Gasteiger partial charge in [0.2, 0.25) is 0 Å². The average molecular weight is 376 g/mol. The van der Waals surface area contributed by atoms with E-state index >= 15 is 0 Å². The average Bonchev–Trinajstić information content (AvgIpc) is 3.22. The number of ether oxygens (including phenoxy) is 1. The molecule has 0 spiro atoms. The maximum Gasteiger partial charge on any atom is 0.141 e. The van der Waals surface area contributed by atoms with Gasteiger partial charge in [0, 0.05) is 44.9 Å². The number of aryl methyl sites for hydroxylation is 1. The van der Waals surface area contributed by atoms with Crippen molar-refractivity contribution in [3.8, 4) is 0 Å². The van der Waals surface area contributed by atoms with Crippen LogP contribution < -0.4 is 10.2 Å². The quantitative estimate of drug-likeness (QED) is 0.865. The molecule has 6 nitrogen and oxygen atoms in total. The van der Waals surface area contributed by atoms with Crippen molar-refractivity contribution >= 4 is 27.4 Å². The molecule has 0 aromatic carbocycles. The molecule has 2 aliphatic rings. The second-order valence-electron chi connectivity index (χ2n) is 7.48. The molecule has 4 heterocycles. The SMILES string of the molecule is CCO[C@H]1CN(C)C[C@@H]1NC1CCN(c2nc(C)nc3sccc23)CC1. The molecule has 2 aliphatic heterocycles. The van der Waals surface area contributed by atoms with E-state index in [1.54, 1.807) is 11.3 Å². The van der Waals surface area contributed by atoms with Gasteiger partial charge in [0.25, 0.3) is 0 Å². The van der Waals surface area contributed by atoms with E-state index in [-0.39, 0.29) is 0 Å². The van der Waals surface area contributed by atoms with E-state index in [9.17, 15) is 0 Å². The number of hydrogen-bond acceptors (Lipinski definition) is 7. The highest BCUT2D eigenvalue weighted by atomic mass is 32.1. The molecule has 2 aromatic rings. The van der Waals surface area contributed by atoms with Crippen molar-refractivity contribution in [3.05, 3.63) is 17.3 Å². The highest BCUT2D eigenvalue weighted by Gasteiger charge is 2.33. The molecule has 0 saturated carbocycles. The number of piperidine rings is 1. The summed E-state index contributed by atoms with van der Waals surface area (Å²) in [6, 6.07) is 3.16. The lowest BCUT2D eigenvalue weighted by atomic mass is 10.0. The molecule has 0 radical (unpaired) electrons. The van der Waals surface area contributed by atoms with Crippen molar-refractivity contribution in [2.24, 2.45) is 0 Å². The number of fused-ring (bicyclic) bond motifs is 1. The van der Waals surface area contributed by atoms with Crippen LogP contribution in [0, 0.1) is 6.92 Å². The third-order valence-corrected chi connectivity index (χ3v) is 6.30. The largest absolute Gasteiger partial charge is 0.375 e. The summed E-state index contributed by atoms with van der Waals surface area (Å²) in [5.74, 6) is 1.98. The molecule has 0 aliphatic carbocycles. The van der Waals surface area contributed by atoms with Crippen LogP contribution in [0.25, 0.3) is 10.2 Å². The molecule has 2 atom stereocenters. The normalized spacial score (nSPS) is 25.4. The smallest absolute Gasteiger partial charge is 0.141 e. The zero-order valence-corrected chi connectivity index (χ0v) is 16.8. The number of rotatable bonds is 5. The van der Waals surface area contributed by atoms with Crippen LogP contribution in [0.15, 0.2) is 11.4 Å². The first kappa shape index (κ1) is 18.1. The van der Waals surface area contributed by atoms with Gasteiger partial charge in [-0.1, -0.05) is 0 Å². The number of hydrogen-bond donors (Lipinski definition) is 1. The Balaban J connectivity index is 1.39. The van der Waals surface area contributed by atoms with Gasteiger partial charge < -0.3 is 19.9 Å². The Kier molecular flexibility index (Phi) is 5.40. The van der Waals surface area contributed by atoms with Crippen molar-refractivity contribution in [2.45, 2.75) is 44.9 Å². The van der Waals surface area contributed by atoms with Gasteiger partial charge in [0.05, 0.1) is 11.5 Å². The van der Waals surface area contributed by atoms with Crippen LogP contribution >= 0.6 is 11.3 Å². The Morgan fingerprint density at radius 2 is 2.08 bits per heavy atom. The van der Waals surface area contributed by atoms with Crippen molar-refractivity contribution in [2.75, 3.05) is 44.7 Å². The summed E-state index contributed by atoms with van der Waals surface area (Å²) in [6.45, 7) is 9.05. The van der Waals surface area contributed by atoms with E-state index in [0.717, 1.165) is 62.1 Å². The van der Waals surface area contributed by atoms with E-state index in [4.69, 9.17) is 9.72 Å². The lowest BCUT2D eigenvalue weighted by molar-refractivity contribution is 0.0511. The molecule has 0 unspecified atom stereocenters. The molecule has 0 bridgehead atoms. The standard InChI is InChI=1S/C19H29N5OS/c1-4-25-17-12-23(3)11-16(17)22-14-5-8-24(9-6-14)18-15-7-10-26-19(15)21-13(2)20-18/h7,10,14,16-17,22H,4-6,8-9,11-12H2,1-3H3/t16-,17-/m0/s1. The second-order valence-corrected chi connectivity index (χ2v) is 8.38. The summed E-state index contributed by atoms with van der Waals surface area (Å²) < 4.78 is 5.94. The van der Waals surface area contributed by atoms with Gasteiger partial charge in [0.15, 0.2) is 0 Å². The first-order chi connectivity index (χ1) is 12.6. The summed E-state index contributed by atoms with van der Waals surface area (Å²) in [6.07, 6.45) is 2.61. The topological polar surface area (TPSA) is 53.5 Å². The predicted octanol–water partition coefficient (Wildman–Crippen LogP) is 2.28. The van der Waals surface area contributed by atoms with Gasteiger partial charge in [-0.05, 0) is 45.2 Å². The molecule has 1 N–H and O–H groups in total. The maximum absolute atomic E-state index is 5.94. The zero-order chi connectivity index (χ0) is 18.1. The van der Waals surface area contributed by atoms with Crippen molar-refractivity contribution < 1.29 is 4.74 Å². The van der Waals surface area contributed by atoms with Gasteiger partial charge in [-0.25, -0.2) is 9.97 Å². The fraction of sp³-hybridized carbons (Fsp3) is 0.684. The predicted molar refractivity (Wildman–Crippen MR) is 107 cm³/mol. The minimum Gasteiger partial charge on any atom is -0.375 e. The maximum atomic E-state index is 5.94. The van der Waals surface area contributed by atoms with Crippen LogP contribution in [-0.4, -0.2) is 72.9 Å². The number of nitrogens with zero attached hydrogens (tertiary/aromatic N) is 4. The van der Waals surface area contributed by atoms with Gasteiger partial charge in [0.1, 0.15) is 16.5 Å². The summed E-state index contributed by atoms with van der Waals surface area (Å²) in [7, 11) is 2.18. The van der Waals surface area contributed by atoms with E-state index in [2.05, 4.69) is 45.5 Å². The number of thiophene rings is 1. The summed E-state index contributed by atoms with van der Waals surface area (Å²) in [5, 5.41) is 7.18. The number of anilines is 1. The third-order valence-electron chi connectivity index (χ3n) is 5.49. The fourth-order valence-electron chi connectivity index (χ4n) is 4.25. The summed E-state index contributed by atoms with van der Waals surface area (Å²) in [4.78, 5) is 15.2. The van der Waals surface area contributed by atoms with Crippen LogP contribution in [-0.2, 0) is 4.74 Å². The first-order valence-corrected chi connectivity index (χ1v) is 10.5. The molecule has 4 rings (SSSR count). The Morgan fingerprint density at radius 1 is 1.27 bits per heavy atom. The zero-order valence-electron chi connectivity index (χ0n) is 15.9. The van der Waals surface area contributed by atoms with Crippen LogP contribution in [0.5, 0.6) is 0 Å². The minimum atomic E-state index is 0.318. The van der Waals surface area contributed by atoms with E-state index in [1.807, 2.05) is 6.92 Å². The van der Waals surface area contributed by atoms with E-state index in [1.165, 1.54) is 5.39 Å². The van der Waals surface area contributed by atoms with Gasteiger partial charge in [-0.2, -0.15) is 0 Å².